The fourth-order valence-corrected chi connectivity index (χ4v) is 2.39. The molecule has 1 fully saturated rings. The summed E-state index contributed by atoms with van der Waals surface area (Å²) in [4.78, 5) is 18.0. The van der Waals surface area contributed by atoms with Gasteiger partial charge in [0.15, 0.2) is 0 Å². The highest BCUT2D eigenvalue weighted by molar-refractivity contribution is 5.78. The van der Waals surface area contributed by atoms with E-state index >= 15 is 0 Å². The topological polar surface area (TPSA) is 45.2 Å². The Hall–Kier alpha value is -1.42. The van der Waals surface area contributed by atoms with Crippen molar-refractivity contribution in [3.8, 4) is 0 Å². The SMILES string of the molecule is C[C@@H](Cc1ccncc1)NC(=O)CN1CCCC1. The van der Waals surface area contributed by atoms with Crippen LogP contribution in [0.5, 0.6) is 0 Å². The third-order valence-electron chi connectivity index (χ3n) is 3.26. The zero-order chi connectivity index (χ0) is 12.8. The van der Waals surface area contributed by atoms with Gasteiger partial charge < -0.3 is 5.32 Å². The van der Waals surface area contributed by atoms with E-state index in [-0.39, 0.29) is 11.9 Å². The molecule has 1 aliphatic heterocycles. The van der Waals surface area contributed by atoms with Crippen molar-refractivity contribution < 1.29 is 4.79 Å². The summed E-state index contributed by atoms with van der Waals surface area (Å²) in [6.45, 7) is 4.71. The molecule has 0 unspecified atom stereocenters. The highest BCUT2D eigenvalue weighted by Crippen LogP contribution is 2.06. The largest absolute Gasteiger partial charge is 0.352 e. The molecule has 1 aromatic rings. The molecule has 0 saturated carbocycles. The zero-order valence-electron chi connectivity index (χ0n) is 10.9. The summed E-state index contributed by atoms with van der Waals surface area (Å²) in [5.41, 5.74) is 1.21. The smallest absolute Gasteiger partial charge is 0.234 e. The minimum absolute atomic E-state index is 0.137. The fraction of sp³-hybridized carbons (Fsp3) is 0.571. The number of rotatable bonds is 5. The Morgan fingerprint density at radius 2 is 2.06 bits per heavy atom. The summed E-state index contributed by atoms with van der Waals surface area (Å²) >= 11 is 0. The van der Waals surface area contributed by atoms with Crippen LogP contribution in [-0.4, -0.2) is 41.5 Å². The van der Waals surface area contributed by atoms with E-state index in [2.05, 4.69) is 15.2 Å². The first-order chi connectivity index (χ1) is 8.74. The van der Waals surface area contributed by atoms with E-state index in [1.807, 2.05) is 19.1 Å². The first-order valence-corrected chi connectivity index (χ1v) is 6.64. The van der Waals surface area contributed by atoms with E-state index in [1.165, 1.54) is 18.4 Å². The molecule has 0 radical (unpaired) electrons. The van der Waals surface area contributed by atoms with Crippen LogP contribution in [0.4, 0.5) is 0 Å². The van der Waals surface area contributed by atoms with E-state index in [0.717, 1.165) is 19.5 Å². The zero-order valence-corrected chi connectivity index (χ0v) is 10.9. The summed E-state index contributed by atoms with van der Waals surface area (Å²) in [6.07, 6.45) is 6.87. The third kappa shape index (κ3) is 4.11. The molecular formula is C14H21N3O. The summed E-state index contributed by atoms with van der Waals surface area (Å²) < 4.78 is 0. The maximum atomic E-state index is 11.8. The molecule has 98 valence electrons. The van der Waals surface area contributed by atoms with E-state index in [1.54, 1.807) is 12.4 Å². The van der Waals surface area contributed by atoms with Gasteiger partial charge in [0.1, 0.15) is 0 Å². The maximum Gasteiger partial charge on any atom is 0.234 e. The molecule has 4 heteroatoms. The molecule has 1 saturated heterocycles. The van der Waals surface area contributed by atoms with Crippen LogP contribution in [0.25, 0.3) is 0 Å². The van der Waals surface area contributed by atoms with Crippen LogP contribution in [0.1, 0.15) is 25.3 Å². The Balaban J connectivity index is 1.73. The monoisotopic (exact) mass is 247 g/mol. The molecule has 1 N–H and O–H groups in total. The normalized spacial score (nSPS) is 17.6. The number of nitrogens with zero attached hydrogens (tertiary/aromatic N) is 2. The van der Waals surface area contributed by atoms with Crippen LogP contribution in [0.2, 0.25) is 0 Å². The molecule has 0 bridgehead atoms. The molecule has 1 amide bonds. The number of nitrogens with one attached hydrogen (secondary N) is 1. The molecule has 4 nitrogen and oxygen atoms in total. The summed E-state index contributed by atoms with van der Waals surface area (Å²) in [6, 6.07) is 4.15. The number of carbonyl (C=O) groups is 1. The van der Waals surface area contributed by atoms with Crippen molar-refractivity contribution in [3.63, 3.8) is 0 Å². The molecule has 1 aromatic heterocycles. The fourth-order valence-electron chi connectivity index (χ4n) is 2.39. The van der Waals surface area contributed by atoms with Gasteiger partial charge >= 0.3 is 0 Å². The van der Waals surface area contributed by atoms with Gasteiger partial charge in [-0.25, -0.2) is 0 Å². The van der Waals surface area contributed by atoms with Crippen molar-refractivity contribution in [2.75, 3.05) is 19.6 Å². The Kier molecular flexibility index (Phi) is 4.70. The molecular weight excluding hydrogens is 226 g/mol. The van der Waals surface area contributed by atoms with Crippen LogP contribution >= 0.6 is 0 Å². The molecule has 0 spiro atoms. The van der Waals surface area contributed by atoms with Crippen molar-refractivity contribution in [3.05, 3.63) is 30.1 Å². The van der Waals surface area contributed by atoms with Gasteiger partial charge in [-0.15, -0.1) is 0 Å². The lowest BCUT2D eigenvalue weighted by molar-refractivity contribution is -0.122. The highest BCUT2D eigenvalue weighted by atomic mass is 16.2. The molecule has 18 heavy (non-hydrogen) atoms. The lowest BCUT2D eigenvalue weighted by atomic mass is 10.1. The van der Waals surface area contributed by atoms with Crippen molar-refractivity contribution >= 4 is 5.91 Å². The Bertz CT molecular complexity index is 374. The minimum Gasteiger partial charge on any atom is -0.352 e. The summed E-state index contributed by atoms with van der Waals surface area (Å²) in [5, 5.41) is 3.05. The van der Waals surface area contributed by atoms with E-state index in [4.69, 9.17) is 0 Å². The van der Waals surface area contributed by atoms with Crippen LogP contribution in [-0.2, 0) is 11.2 Å². The van der Waals surface area contributed by atoms with Gasteiger partial charge in [0.25, 0.3) is 0 Å². The van der Waals surface area contributed by atoms with Crippen LogP contribution < -0.4 is 5.32 Å². The van der Waals surface area contributed by atoms with Crippen molar-refractivity contribution in [2.24, 2.45) is 0 Å². The lowest BCUT2D eigenvalue weighted by Crippen LogP contribution is -2.40. The quantitative estimate of drug-likeness (QED) is 0.851. The molecule has 2 rings (SSSR count). The van der Waals surface area contributed by atoms with Gasteiger partial charge in [0.2, 0.25) is 5.91 Å². The number of aromatic nitrogens is 1. The van der Waals surface area contributed by atoms with Gasteiger partial charge in [0.05, 0.1) is 6.54 Å². The van der Waals surface area contributed by atoms with Gasteiger partial charge in [-0.2, -0.15) is 0 Å². The minimum atomic E-state index is 0.137. The van der Waals surface area contributed by atoms with Crippen LogP contribution in [0.15, 0.2) is 24.5 Å². The average molecular weight is 247 g/mol. The van der Waals surface area contributed by atoms with Crippen molar-refractivity contribution in [1.82, 2.24) is 15.2 Å². The predicted octanol–water partition coefficient (Wildman–Crippen LogP) is 1.22. The van der Waals surface area contributed by atoms with E-state index in [0.29, 0.717) is 6.54 Å². The number of carbonyl (C=O) groups excluding carboxylic acids is 1. The second-order valence-electron chi connectivity index (χ2n) is 5.01. The Morgan fingerprint density at radius 1 is 1.39 bits per heavy atom. The van der Waals surface area contributed by atoms with Gasteiger partial charge in [-0.3, -0.25) is 14.7 Å². The number of likely N-dealkylation sites (tertiary alicyclic amines) is 1. The first kappa shape index (κ1) is 13.0. The van der Waals surface area contributed by atoms with Crippen LogP contribution in [0.3, 0.4) is 0 Å². The molecule has 2 heterocycles. The Morgan fingerprint density at radius 3 is 2.72 bits per heavy atom. The van der Waals surface area contributed by atoms with Crippen molar-refractivity contribution in [2.45, 2.75) is 32.2 Å². The summed E-state index contributed by atoms with van der Waals surface area (Å²) in [7, 11) is 0. The Labute approximate surface area is 108 Å². The predicted molar refractivity (Wildman–Crippen MR) is 71.2 cm³/mol. The first-order valence-electron chi connectivity index (χ1n) is 6.64. The number of pyridine rings is 1. The average Bonchev–Trinajstić information content (AvgIpc) is 2.82. The summed E-state index contributed by atoms with van der Waals surface area (Å²) in [5.74, 6) is 0.137. The number of hydrogen-bond donors (Lipinski definition) is 1. The van der Waals surface area contributed by atoms with Gasteiger partial charge in [-0.1, -0.05) is 0 Å². The molecule has 1 aliphatic rings. The molecule has 0 aromatic carbocycles. The highest BCUT2D eigenvalue weighted by Gasteiger charge is 2.16. The second kappa shape index (κ2) is 6.50. The molecule has 0 aliphatic carbocycles. The van der Waals surface area contributed by atoms with Crippen LogP contribution in [0, 0.1) is 0 Å². The molecule has 1 atom stereocenters. The number of hydrogen-bond acceptors (Lipinski definition) is 3. The second-order valence-corrected chi connectivity index (χ2v) is 5.01. The van der Waals surface area contributed by atoms with Gasteiger partial charge in [-0.05, 0) is 57.0 Å². The maximum absolute atomic E-state index is 11.8. The van der Waals surface area contributed by atoms with E-state index < -0.39 is 0 Å². The van der Waals surface area contributed by atoms with E-state index in [9.17, 15) is 4.79 Å². The lowest BCUT2D eigenvalue weighted by Gasteiger charge is -2.18. The third-order valence-corrected chi connectivity index (χ3v) is 3.26. The van der Waals surface area contributed by atoms with Crippen molar-refractivity contribution in [1.29, 1.82) is 0 Å². The van der Waals surface area contributed by atoms with Gasteiger partial charge in [0, 0.05) is 18.4 Å². The standard InChI is InChI=1S/C14H21N3O/c1-12(10-13-4-6-15-7-5-13)16-14(18)11-17-8-2-3-9-17/h4-7,12H,2-3,8-11H2,1H3,(H,16,18)/t12-/m0/s1. The number of amides is 1.